The summed E-state index contributed by atoms with van der Waals surface area (Å²) in [6.07, 6.45) is 0. The van der Waals surface area contributed by atoms with Gasteiger partial charge in [0.1, 0.15) is 17.3 Å². The highest BCUT2D eigenvalue weighted by molar-refractivity contribution is 5.89. The van der Waals surface area contributed by atoms with Gasteiger partial charge in [0.05, 0.1) is 7.11 Å². The summed E-state index contributed by atoms with van der Waals surface area (Å²) < 4.78 is 18.8. The van der Waals surface area contributed by atoms with E-state index in [1.54, 1.807) is 19.2 Å². The molecule has 3 heteroatoms. The van der Waals surface area contributed by atoms with Gasteiger partial charge in [-0.25, -0.2) is 4.39 Å². The van der Waals surface area contributed by atoms with Crippen LogP contribution in [0.5, 0.6) is 11.5 Å². The maximum atomic E-state index is 13.4. The number of phenolic OH excluding ortho intramolecular Hbond substituents is 1. The van der Waals surface area contributed by atoms with Gasteiger partial charge in [-0.1, -0.05) is 135 Å². The number of rotatable bonds is 1. The van der Waals surface area contributed by atoms with Crippen molar-refractivity contribution in [1.82, 2.24) is 0 Å². The molecule has 240 valence electrons. The Hall–Kier alpha value is -4.37. The van der Waals surface area contributed by atoms with Gasteiger partial charge in [-0.05, 0) is 102 Å². The molecule has 2 nitrogen and oxygen atoms in total. The first-order chi connectivity index (χ1) is 21.5. The Morgan fingerprint density at radius 1 is 0.478 bits per heavy atom. The molecule has 6 aromatic carbocycles. The molecule has 0 aromatic heterocycles. The molecular weight excluding hydrogens is 567 g/mol. The van der Waals surface area contributed by atoms with E-state index < -0.39 is 0 Å². The molecule has 46 heavy (non-hydrogen) atoms. The minimum absolute atomic E-state index is 0.0261. The third kappa shape index (κ3) is 8.26. The summed E-state index contributed by atoms with van der Waals surface area (Å²) in [6, 6.07) is 35.7. The Morgan fingerprint density at radius 3 is 1.28 bits per heavy atom. The molecule has 0 amide bonds. The topological polar surface area (TPSA) is 29.5 Å². The lowest BCUT2D eigenvalue weighted by Gasteiger charge is -2.22. The van der Waals surface area contributed by atoms with E-state index in [1.165, 1.54) is 27.3 Å². The minimum Gasteiger partial charge on any atom is -0.508 e. The average molecular weight is 617 g/mol. The van der Waals surface area contributed by atoms with Gasteiger partial charge >= 0.3 is 0 Å². The predicted octanol–water partition coefficient (Wildman–Crippen LogP) is 12.3. The van der Waals surface area contributed by atoms with Gasteiger partial charge in [0.2, 0.25) is 0 Å². The fraction of sp³-hybridized carbons (Fsp3) is 0.302. The first-order valence-electron chi connectivity index (χ1n) is 16.0. The number of aromatic hydroxyl groups is 1. The average Bonchev–Trinajstić information content (AvgIpc) is 2.99. The zero-order valence-corrected chi connectivity index (χ0v) is 29.1. The van der Waals surface area contributed by atoms with Gasteiger partial charge in [-0.15, -0.1) is 0 Å². The molecule has 0 saturated heterocycles. The molecule has 0 atom stereocenters. The van der Waals surface area contributed by atoms with Crippen LogP contribution in [0.15, 0.2) is 109 Å². The number of halogens is 1. The van der Waals surface area contributed by atoms with Crippen molar-refractivity contribution >= 4 is 32.3 Å². The molecule has 0 aliphatic heterocycles. The van der Waals surface area contributed by atoms with Crippen LogP contribution >= 0.6 is 0 Å². The molecule has 1 N–H and O–H groups in total. The molecule has 0 unspecified atom stereocenters. The molecule has 0 heterocycles. The van der Waals surface area contributed by atoms with Crippen LogP contribution in [0.2, 0.25) is 0 Å². The minimum atomic E-state index is -0.154. The smallest absolute Gasteiger partial charge is 0.124 e. The highest BCUT2D eigenvalue weighted by Crippen LogP contribution is 2.35. The van der Waals surface area contributed by atoms with E-state index >= 15 is 0 Å². The zero-order chi connectivity index (χ0) is 33.9. The van der Waals surface area contributed by atoms with Crippen molar-refractivity contribution < 1.29 is 14.2 Å². The lowest BCUT2D eigenvalue weighted by molar-refractivity contribution is 0.413. The van der Waals surface area contributed by atoms with E-state index in [4.69, 9.17) is 4.74 Å². The van der Waals surface area contributed by atoms with Crippen LogP contribution < -0.4 is 4.74 Å². The summed E-state index contributed by atoms with van der Waals surface area (Å²) in [5, 5.41) is 16.7. The maximum absolute atomic E-state index is 13.4. The van der Waals surface area contributed by atoms with Gasteiger partial charge in [0.25, 0.3) is 0 Å². The van der Waals surface area contributed by atoms with Gasteiger partial charge in [0, 0.05) is 0 Å². The van der Waals surface area contributed by atoms with E-state index in [1.807, 2.05) is 48.5 Å². The summed E-state index contributed by atoms with van der Waals surface area (Å²) in [6.45, 7) is 19.5. The SMILES string of the molecule is CC(C)(C)c1cc(F)cc2ccccc12.CC(C)(C)c1cc(O)cc2ccccc12.COc1cc(C(C)(C)C)c2ccccc2c1. The number of ether oxygens (including phenoxy) is 1. The summed E-state index contributed by atoms with van der Waals surface area (Å²) in [5.74, 6) is 1.13. The first kappa shape index (κ1) is 34.5. The fourth-order valence-corrected chi connectivity index (χ4v) is 5.83. The monoisotopic (exact) mass is 616 g/mol. The second-order valence-corrected chi connectivity index (χ2v) is 15.0. The fourth-order valence-electron chi connectivity index (χ4n) is 5.83. The van der Waals surface area contributed by atoms with E-state index in [2.05, 4.69) is 111 Å². The Labute approximate surface area is 274 Å². The molecule has 0 bridgehead atoms. The van der Waals surface area contributed by atoms with Crippen LogP contribution in [-0.4, -0.2) is 12.2 Å². The highest BCUT2D eigenvalue weighted by Gasteiger charge is 2.19. The molecule has 0 fully saturated rings. The largest absolute Gasteiger partial charge is 0.508 e. The number of fused-ring (bicyclic) bond motifs is 3. The van der Waals surface area contributed by atoms with Gasteiger partial charge in [0.15, 0.2) is 0 Å². The second kappa shape index (κ2) is 13.5. The van der Waals surface area contributed by atoms with E-state index in [9.17, 15) is 9.50 Å². The number of methoxy groups -OCH3 is 1. The van der Waals surface area contributed by atoms with Gasteiger partial charge in [-0.3, -0.25) is 0 Å². The lowest BCUT2D eigenvalue weighted by Crippen LogP contribution is -2.12. The summed E-state index contributed by atoms with van der Waals surface area (Å²) in [7, 11) is 1.72. The third-order valence-corrected chi connectivity index (χ3v) is 8.17. The molecule has 0 saturated carbocycles. The number of hydrogen-bond donors (Lipinski definition) is 1. The van der Waals surface area contributed by atoms with Crippen LogP contribution in [0.1, 0.15) is 79.0 Å². The van der Waals surface area contributed by atoms with Crippen LogP contribution in [0.3, 0.4) is 0 Å². The second-order valence-electron chi connectivity index (χ2n) is 15.0. The van der Waals surface area contributed by atoms with E-state index in [0.717, 1.165) is 27.5 Å². The third-order valence-electron chi connectivity index (χ3n) is 8.17. The number of hydrogen-bond acceptors (Lipinski definition) is 2. The summed E-state index contributed by atoms with van der Waals surface area (Å²) in [4.78, 5) is 0. The van der Waals surface area contributed by atoms with Crippen molar-refractivity contribution in [2.24, 2.45) is 0 Å². The van der Waals surface area contributed by atoms with Crippen LogP contribution in [-0.2, 0) is 16.2 Å². The number of phenols is 1. The van der Waals surface area contributed by atoms with E-state index in [-0.39, 0.29) is 22.1 Å². The summed E-state index contributed by atoms with van der Waals surface area (Å²) >= 11 is 0. The maximum Gasteiger partial charge on any atom is 0.124 e. The quantitative estimate of drug-likeness (QED) is 0.199. The van der Waals surface area contributed by atoms with Crippen LogP contribution in [0.25, 0.3) is 32.3 Å². The summed E-state index contributed by atoms with van der Waals surface area (Å²) in [5.41, 5.74) is 3.76. The lowest BCUT2D eigenvalue weighted by atomic mass is 9.83. The molecule has 0 aliphatic rings. The van der Waals surface area contributed by atoms with Crippen molar-refractivity contribution in [3.05, 3.63) is 132 Å². The zero-order valence-electron chi connectivity index (χ0n) is 29.1. The molecular formula is C43H49FO2. The van der Waals surface area contributed by atoms with Crippen molar-refractivity contribution in [3.63, 3.8) is 0 Å². The Kier molecular flexibility index (Phi) is 10.2. The molecule has 6 aromatic rings. The number of benzene rings is 6. The molecule has 0 radical (unpaired) electrons. The normalized spacial score (nSPS) is 11.9. The van der Waals surface area contributed by atoms with Crippen molar-refractivity contribution in [2.45, 2.75) is 78.6 Å². The Morgan fingerprint density at radius 2 is 0.848 bits per heavy atom. The standard InChI is InChI=1S/C15H18O.C14H15F.C14H16O/c1-15(2,3)14-10-12(16-4)9-11-7-5-6-8-13(11)14;2*1-14(2,3)13-9-11(15)8-10-6-4-5-7-12(10)13/h5-10H,1-4H3;4-9H,1-3H3;4-9,15H,1-3H3. The van der Waals surface area contributed by atoms with Gasteiger partial charge in [-0.2, -0.15) is 0 Å². The van der Waals surface area contributed by atoms with Crippen molar-refractivity contribution in [2.75, 3.05) is 7.11 Å². The van der Waals surface area contributed by atoms with Crippen molar-refractivity contribution in [3.8, 4) is 11.5 Å². The van der Waals surface area contributed by atoms with Crippen molar-refractivity contribution in [1.29, 1.82) is 0 Å². The predicted molar refractivity (Wildman–Crippen MR) is 196 cm³/mol. The highest BCUT2D eigenvalue weighted by atomic mass is 19.1. The van der Waals surface area contributed by atoms with Gasteiger partial charge < -0.3 is 9.84 Å². The molecule has 0 aliphatic carbocycles. The molecule has 6 rings (SSSR count). The van der Waals surface area contributed by atoms with Crippen LogP contribution in [0, 0.1) is 5.82 Å². The Bertz CT molecular complexity index is 1850. The molecule has 0 spiro atoms. The Balaban J connectivity index is 0.000000157. The first-order valence-corrected chi connectivity index (χ1v) is 16.0. The van der Waals surface area contributed by atoms with Crippen LogP contribution in [0.4, 0.5) is 4.39 Å². The van der Waals surface area contributed by atoms with E-state index in [0.29, 0.717) is 5.75 Å².